The molecule has 2 aromatic heterocycles. The molecule has 1 amide bonds. The van der Waals surface area contributed by atoms with Crippen LogP contribution in [-0.2, 0) is 6.54 Å². The van der Waals surface area contributed by atoms with Crippen molar-refractivity contribution in [2.45, 2.75) is 13.5 Å². The Morgan fingerprint density at radius 2 is 1.96 bits per heavy atom. The van der Waals surface area contributed by atoms with Gasteiger partial charge in [0, 0.05) is 18.3 Å². The van der Waals surface area contributed by atoms with Crippen LogP contribution in [0.15, 0.2) is 53.1 Å². The van der Waals surface area contributed by atoms with Gasteiger partial charge in [0.15, 0.2) is 5.76 Å². The highest BCUT2D eigenvalue weighted by molar-refractivity contribution is 5.93. The number of aromatic nitrogens is 2. The van der Waals surface area contributed by atoms with Gasteiger partial charge in [0.25, 0.3) is 5.91 Å². The van der Waals surface area contributed by atoms with Gasteiger partial charge in [0.2, 0.25) is 5.95 Å². The molecule has 7 heteroatoms. The Kier molecular flexibility index (Phi) is 4.53. The summed E-state index contributed by atoms with van der Waals surface area (Å²) < 4.78 is 5.56. The van der Waals surface area contributed by atoms with Gasteiger partial charge >= 0.3 is 0 Å². The first-order chi connectivity index (χ1) is 11.7. The molecule has 0 atom stereocenters. The summed E-state index contributed by atoms with van der Waals surface area (Å²) >= 11 is 0. The summed E-state index contributed by atoms with van der Waals surface area (Å²) in [5.74, 6) is 1.46. The van der Waals surface area contributed by atoms with Crippen molar-refractivity contribution in [3.63, 3.8) is 0 Å². The standard InChI is InChI=1S/C17H16N4O3/c1-11-2-7-15(24-11)14-8-9-18-17(20-14)19-10-12-3-5-13(6-4-12)16(22)21-23/h2-9,23H,10H2,1H3,(H,21,22)(H,18,19,20). The number of nitrogens with zero attached hydrogens (tertiary/aromatic N) is 2. The van der Waals surface area contributed by atoms with E-state index in [2.05, 4.69) is 15.3 Å². The molecule has 1 aromatic carbocycles. The summed E-state index contributed by atoms with van der Waals surface area (Å²) in [6, 6.07) is 12.4. The average Bonchev–Trinajstić information content (AvgIpc) is 3.06. The molecule has 24 heavy (non-hydrogen) atoms. The Labute approximate surface area is 138 Å². The minimum absolute atomic E-state index is 0.382. The summed E-state index contributed by atoms with van der Waals surface area (Å²) in [6.45, 7) is 2.38. The molecule has 0 saturated heterocycles. The number of amides is 1. The van der Waals surface area contributed by atoms with E-state index < -0.39 is 5.91 Å². The van der Waals surface area contributed by atoms with Crippen LogP contribution in [0, 0.1) is 6.92 Å². The molecule has 0 saturated carbocycles. The molecule has 0 bridgehead atoms. The zero-order chi connectivity index (χ0) is 16.9. The van der Waals surface area contributed by atoms with E-state index in [-0.39, 0.29) is 0 Å². The van der Waals surface area contributed by atoms with Gasteiger partial charge in [0.05, 0.1) is 0 Å². The van der Waals surface area contributed by atoms with Crippen LogP contribution in [0.1, 0.15) is 21.7 Å². The van der Waals surface area contributed by atoms with E-state index in [0.717, 1.165) is 11.3 Å². The monoisotopic (exact) mass is 324 g/mol. The number of hydrogen-bond donors (Lipinski definition) is 3. The quantitative estimate of drug-likeness (QED) is 0.493. The average molecular weight is 324 g/mol. The molecule has 0 aliphatic heterocycles. The predicted octanol–water partition coefficient (Wildman–Crippen LogP) is 2.78. The zero-order valence-electron chi connectivity index (χ0n) is 13.0. The highest BCUT2D eigenvalue weighted by atomic mass is 16.5. The minimum Gasteiger partial charge on any atom is -0.460 e. The third-order valence-corrected chi connectivity index (χ3v) is 3.42. The Bertz CT molecular complexity index is 843. The minimum atomic E-state index is -0.542. The molecule has 0 spiro atoms. The van der Waals surface area contributed by atoms with Crippen molar-refractivity contribution < 1.29 is 14.4 Å². The normalized spacial score (nSPS) is 10.4. The van der Waals surface area contributed by atoms with Gasteiger partial charge in [-0.05, 0) is 42.8 Å². The fourth-order valence-electron chi connectivity index (χ4n) is 2.17. The summed E-state index contributed by atoms with van der Waals surface area (Å²) in [5, 5.41) is 11.7. The van der Waals surface area contributed by atoms with Crippen LogP contribution in [0.3, 0.4) is 0 Å². The molecular weight excluding hydrogens is 308 g/mol. The number of hydrogen-bond acceptors (Lipinski definition) is 6. The lowest BCUT2D eigenvalue weighted by Gasteiger charge is -2.06. The Hall–Kier alpha value is -3.19. The van der Waals surface area contributed by atoms with Crippen LogP contribution < -0.4 is 10.8 Å². The Balaban J connectivity index is 1.67. The first-order valence-electron chi connectivity index (χ1n) is 7.33. The molecule has 0 radical (unpaired) electrons. The van der Waals surface area contributed by atoms with Crippen molar-refractivity contribution in [3.05, 3.63) is 65.5 Å². The molecular formula is C17H16N4O3. The van der Waals surface area contributed by atoms with Gasteiger partial charge in [-0.1, -0.05) is 12.1 Å². The summed E-state index contributed by atoms with van der Waals surface area (Å²) in [4.78, 5) is 19.9. The summed E-state index contributed by atoms with van der Waals surface area (Å²) in [6.07, 6.45) is 1.66. The van der Waals surface area contributed by atoms with Crippen molar-refractivity contribution in [2.75, 3.05) is 5.32 Å². The smallest absolute Gasteiger partial charge is 0.274 e. The van der Waals surface area contributed by atoms with Crippen LogP contribution >= 0.6 is 0 Å². The van der Waals surface area contributed by atoms with Gasteiger partial charge in [-0.2, -0.15) is 0 Å². The van der Waals surface area contributed by atoms with Crippen LogP contribution in [0.25, 0.3) is 11.5 Å². The van der Waals surface area contributed by atoms with Gasteiger partial charge in [-0.15, -0.1) is 0 Å². The van der Waals surface area contributed by atoms with Crippen molar-refractivity contribution in [2.24, 2.45) is 0 Å². The number of rotatable bonds is 5. The number of benzene rings is 1. The molecule has 122 valence electrons. The molecule has 0 unspecified atom stereocenters. The van der Waals surface area contributed by atoms with Crippen molar-refractivity contribution in [1.82, 2.24) is 15.4 Å². The largest absolute Gasteiger partial charge is 0.460 e. The lowest BCUT2D eigenvalue weighted by atomic mass is 10.1. The zero-order valence-corrected chi connectivity index (χ0v) is 13.0. The molecule has 0 aliphatic carbocycles. The van der Waals surface area contributed by atoms with E-state index in [1.54, 1.807) is 42.0 Å². The topological polar surface area (TPSA) is 100 Å². The van der Waals surface area contributed by atoms with Gasteiger partial charge in [-0.25, -0.2) is 15.4 Å². The molecule has 0 aliphatic rings. The van der Waals surface area contributed by atoms with Crippen LogP contribution in [0.4, 0.5) is 5.95 Å². The summed E-state index contributed by atoms with van der Waals surface area (Å²) in [7, 11) is 0. The molecule has 3 rings (SSSR count). The van der Waals surface area contributed by atoms with E-state index in [1.807, 2.05) is 19.1 Å². The first-order valence-corrected chi connectivity index (χ1v) is 7.33. The second kappa shape index (κ2) is 6.93. The van der Waals surface area contributed by atoms with E-state index in [0.29, 0.717) is 29.5 Å². The number of furan rings is 1. The fraction of sp³-hybridized carbons (Fsp3) is 0.118. The number of aryl methyl sites for hydroxylation is 1. The highest BCUT2D eigenvalue weighted by Gasteiger charge is 2.07. The second-order valence-electron chi connectivity index (χ2n) is 5.17. The number of carbonyl (C=O) groups is 1. The van der Waals surface area contributed by atoms with Crippen molar-refractivity contribution in [1.29, 1.82) is 0 Å². The maximum atomic E-state index is 11.3. The lowest BCUT2D eigenvalue weighted by Crippen LogP contribution is -2.18. The molecule has 3 N–H and O–H groups in total. The van der Waals surface area contributed by atoms with E-state index in [4.69, 9.17) is 9.62 Å². The maximum Gasteiger partial charge on any atom is 0.274 e. The van der Waals surface area contributed by atoms with Crippen LogP contribution in [0.5, 0.6) is 0 Å². The number of hydroxylamine groups is 1. The molecule has 2 heterocycles. The molecule has 0 fully saturated rings. The first kappa shape index (κ1) is 15.7. The van der Waals surface area contributed by atoms with E-state index in [9.17, 15) is 4.79 Å². The SMILES string of the molecule is Cc1ccc(-c2ccnc(NCc3ccc(C(=O)NO)cc3)n2)o1. The number of anilines is 1. The van der Waals surface area contributed by atoms with Crippen molar-refractivity contribution >= 4 is 11.9 Å². The number of nitrogens with one attached hydrogen (secondary N) is 2. The molecule has 3 aromatic rings. The van der Waals surface area contributed by atoms with Gasteiger partial charge in [-0.3, -0.25) is 10.0 Å². The predicted molar refractivity (Wildman–Crippen MR) is 87.5 cm³/mol. The van der Waals surface area contributed by atoms with Crippen molar-refractivity contribution in [3.8, 4) is 11.5 Å². The summed E-state index contributed by atoms with van der Waals surface area (Å²) in [5.41, 5.74) is 3.64. The van der Waals surface area contributed by atoms with E-state index in [1.165, 1.54) is 0 Å². The van der Waals surface area contributed by atoms with Crippen LogP contribution in [0.2, 0.25) is 0 Å². The third-order valence-electron chi connectivity index (χ3n) is 3.42. The van der Waals surface area contributed by atoms with Gasteiger partial charge < -0.3 is 9.73 Å². The fourth-order valence-corrected chi connectivity index (χ4v) is 2.17. The van der Waals surface area contributed by atoms with E-state index >= 15 is 0 Å². The Morgan fingerprint density at radius 1 is 1.17 bits per heavy atom. The lowest BCUT2D eigenvalue weighted by molar-refractivity contribution is 0.0706. The Morgan fingerprint density at radius 3 is 2.62 bits per heavy atom. The highest BCUT2D eigenvalue weighted by Crippen LogP contribution is 2.20. The molecule has 7 nitrogen and oxygen atoms in total. The number of carbonyl (C=O) groups excluding carboxylic acids is 1. The second-order valence-corrected chi connectivity index (χ2v) is 5.17. The van der Waals surface area contributed by atoms with Crippen LogP contribution in [-0.4, -0.2) is 21.1 Å². The third kappa shape index (κ3) is 3.58. The van der Waals surface area contributed by atoms with Gasteiger partial charge in [0.1, 0.15) is 11.5 Å². The maximum absolute atomic E-state index is 11.3.